The van der Waals surface area contributed by atoms with E-state index in [4.69, 9.17) is 0 Å². The van der Waals surface area contributed by atoms with Gasteiger partial charge >= 0.3 is 6.03 Å². The van der Waals surface area contributed by atoms with Crippen LogP contribution in [0.2, 0.25) is 0 Å². The number of urea groups is 1. The summed E-state index contributed by atoms with van der Waals surface area (Å²) in [4.78, 5) is 22.4. The number of halogens is 1. The number of rotatable bonds is 4. The van der Waals surface area contributed by atoms with Gasteiger partial charge in [-0.3, -0.25) is 10.1 Å². The fourth-order valence-electron chi connectivity index (χ4n) is 1.29. The number of carbonyl (C=O) groups excluding carboxylic acids is 2. The second kappa shape index (κ2) is 6.70. The number of carbonyl (C=O) groups is 2. The highest BCUT2D eigenvalue weighted by Crippen LogP contribution is 2.03. The quantitative estimate of drug-likeness (QED) is 0.742. The summed E-state index contributed by atoms with van der Waals surface area (Å²) in [5.74, 6) is -0.762. The Morgan fingerprint density at radius 2 is 2.11 bits per heavy atom. The molecule has 5 nitrogen and oxygen atoms in total. The van der Waals surface area contributed by atoms with Gasteiger partial charge in [0.2, 0.25) is 5.91 Å². The lowest BCUT2D eigenvalue weighted by Gasteiger charge is -2.13. The Kier molecular flexibility index (Phi) is 5.26. The molecule has 0 saturated carbocycles. The standard InChI is InChI=1S/C12H16FN3O2/c1-8(11(17)16-12(18)14-2)15-7-9-4-3-5-10(13)6-9/h3-6,8,15H,7H2,1-2H3,(H2,14,16,17,18). The molecule has 0 fully saturated rings. The molecule has 0 aliphatic heterocycles. The number of hydrogen-bond acceptors (Lipinski definition) is 3. The van der Waals surface area contributed by atoms with E-state index in [1.54, 1.807) is 19.1 Å². The topological polar surface area (TPSA) is 70.2 Å². The summed E-state index contributed by atoms with van der Waals surface area (Å²) >= 11 is 0. The first-order chi connectivity index (χ1) is 8.52. The summed E-state index contributed by atoms with van der Waals surface area (Å²) in [5.41, 5.74) is 0.731. The van der Waals surface area contributed by atoms with Crippen LogP contribution in [0.25, 0.3) is 0 Å². The molecule has 0 saturated heterocycles. The van der Waals surface area contributed by atoms with E-state index >= 15 is 0 Å². The van der Waals surface area contributed by atoms with Gasteiger partial charge in [-0.1, -0.05) is 12.1 Å². The minimum atomic E-state index is -0.556. The molecule has 3 amide bonds. The van der Waals surface area contributed by atoms with E-state index < -0.39 is 18.0 Å². The predicted octanol–water partition coefficient (Wildman–Crippen LogP) is 0.759. The zero-order chi connectivity index (χ0) is 13.5. The fourth-order valence-corrected chi connectivity index (χ4v) is 1.29. The maximum absolute atomic E-state index is 12.9. The minimum absolute atomic E-state index is 0.322. The minimum Gasteiger partial charge on any atom is -0.341 e. The zero-order valence-corrected chi connectivity index (χ0v) is 10.3. The Morgan fingerprint density at radius 1 is 1.39 bits per heavy atom. The maximum Gasteiger partial charge on any atom is 0.321 e. The average Bonchev–Trinajstić information content (AvgIpc) is 2.35. The largest absolute Gasteiger partial charge is 0.341 e. The third-order valence-corrected chi connectivity index (χ3v) is 2.36. The van der Waals surface area contributed by atoms with Crippen molar-refractivity contribution in [2.75, 3.05) is 7.05 Å². The van der Waals surface area contributed by atoms with Crippen LogP contribution in [0.5, 0.6) is 0 Å². The number of imide groups is 1. The summed E-state index contributed by atoms with van der Waals surface area (Å²) in [6, 6.07) is 4.98. The van der Waals surface area contributed by atoms with Gasteiger partial charge < -0.3 is 10.6 Å². The monoisotopic (exact) mass is 253 g/mol. The lowest BCUT2D eigenvalue weighted by Crippen LogP contribution is -2.47. The Balaban J connectivity index is 2.43. The van der Waals surface area contributed by atoms with Crippen LogP contribution in [0.4, 0.5) is 9.18 Å². The molecule has 0 spiro atoms. The van der Waals surface area contributed by atoms with E-state index in [1.807, 2.05) is 0 Å². The van der Waals surface area contributed by atoms with Crippen molar-refractivity contribution >= 4 is 11.9 Å². The van der Waals surface area contributed by atoms with Crippen LogP contribution in [0, 0.1) is 5.82 Å². The van der Waals surface area contributed by atoms with Crippen molar-refractivity contribution in [1.29, 1.82) is 0 Å². The molecular formula is C12H16FN3O2. The summed E-state index contributed by atoms with van der Waals surface area (Å²) in [5, 5.41) is 7.33. The number of nitrogens with one attached hydrogen (secondary N) is 3. The average molecular weight is 253 g/mol. The van der Waals surface area contributed by atoms with Crippen LogP contribution in [0.1, 0.15) is 12.5 Å². The van der Waals surface area contributed by atoms with E-state index in [0.29, 0.717) is 6.54 Å². The third kappa shape index (κ3) is 4.50. The molecule has 3 N–H and O–H groups in total. The van der Waals surface area contributed by atoms with Gasteiger partial charge in [0.25, 0.3) is 0 Å². The first kappa shape index (κ1) is 14.1. The van der Waals surface area contributed by atoms with Crippen molar-refractivity contribution in [3.8, 4) is 0 Å². The normalized spacial score (nSPS) is 11.7. The highest BCUT2D eigenvalue weighted by molar-refractivity contribution is 5.96. The SMILES string of the molecule is CNC(=O)NC(=O)C(C)NCc1cccc(F)c1. The van der Waals surface area contributed by atoms with Crippen molar-refractivity contribution in [3.63, 3.8) is 0 Å². The first-order valence-electron chi connectivity index (χ1n) is 5.53. The molecule has 1 rings (SSSR count). The predicted molar refractivity (Wildman–Crippen MR) is 65.3 cm³/mol. The molecule has 18 heavy (non-hydrogen) atoms. The van der Waals surface area contributed by atoms with Crippen molar-refractivity contribution in [3.05, 3.63) is 35.6 Å². The van der Waals surface area contributed by atoms with Crippen molar-refractivity contribution in [2.24, 2.45) is 0 Å². The van der Waals surface area contributed by atoms with Gasteiger partial charge in [0.1, 0.15) is 5.82 Å². The van der Waals surface area contributed by atoms with Crippen molar-refractivity contribution in [2.45, 2.75) is 19.5 Å². The van der Waals surface area contributed by atoms with Crippen LogP contribution in [0.15, 0.2) is 24.3 Å². The Labute approximate surface area is 105 Å². The number of amides is 3. The molecule has 1 aromatic rings. The second-order valence-electron chi connectivity index (χ2n) is 3.80. The smallest absolute Gasteiger partial charge is 0.321 e. The highest BCUT2D eigenvalue weighted by Gasteiger charge is 2.14. The summed E-state index contributed by atoms with van der Waals surface area (Å²) in [7, 11) is 1.42. The molecule has 0 aliphatic carbocycles. The summed E-state index contributed by atoms with van der Waals surface area (Å²) in [6.07, 6.45) is 0. The summed E-state index contributed by atoms with van der Waals surface area (Å²) < 4.78 is 12.9. The Bertz CT molecular complexity index is 437. The number of benzene rings is 1. The van der Waals surface area contributed by atoms with Gasteiger partial charge in [-0.2, -0.15) is 0 Å². The van der Waals surface area contributed by atoms with E-state index in [2.05, 4.69) is 16.0 Å². The molecular weight excluding hydrogens is 237 g/mol. The van der Waals surface area contributed by atoms with E-state index in [-0.39, 0.29) is 5.82 Å². The van der Waals surface area contributed by atoms with Crippen LogP contribution in [0.3, 0.4) is 0 Å². The van der Waals surface area contributed by atoms with Gasteiger partial charge in [0.15, 0.2) is 0 Å². The van der Waals surface area contributed by atoms with E-state index in [0.717, 1.165) is 5.56 Å². The molecule has 0 heterocycles. The molecule has 0 aliphatic rings. The molecule has 0 aromatic heterocycles. The first-order valence-corrected chi connectivity index (χ1v) is 5.53. The Morgan fingerprint density at radius 3 is 2.72 bits per heavy atom. The molecule has 1 unspecified atom stereocenters. The van der Waals surface area contributed by atoms with Gasteiger partial charge in [-0.15, -0.1) is 0 Å². The highest BCUT2D eigenvalue weighted by atomic mass is 19.1. The Hall–Kier alpha value is -1.95. The number of hydrogen-bond donors (Lipinski definition) is 3. The zero-order valence-electron chi connectivity index (χ0n) is 10.3. The lowest BCUT2D eigenvalue weighted by molar-refractivity contribution is -0.121. The maximum atomic E-state index is 12.9. The lowest BCUT2D eigenvalue weighted by atomic mass is 10.2. The van der Waals surface area contributed by atoms with Crippen LogP contribution in [-0.4, -0.2) is 25.0 Å². The molecule has 98 valence electrons. The molecule has 0 bridgehead atoms. The second-order valence-corrected chi connectivity index (χ2v) is 3.80. The van der Waals surface area contributed by atoms with Gasteiger partial charge in [-0.25, -0.2) is 9.18 Å². The van der Waals surface area contributed by atoms with Gasteiger partial charge in [0, 0.05) is 13.6 Å². The molecule has 1 atom stereocenters. The van der Waals surface area contributed by atoms with Gasteiger partial charge in [0.05, 0.1) is 6.04 Å². The summed E-state index contributed by atoms with van der Waals surface area (Å²) in [6.45, 7) is 1.97. The van der Waals surface area contributed by atoms with E-state index in [1.165, 1.54) is 19.2 Å². The molecule has 1 aromatic carbocycles. The fraction of sp³-hybridized carbons (Fsp3) is 0.333. The molecule has 0 radical (unpaired) electrons. The van der Waals surface area contributed by atoms with Crippen LogP contribution in [-0.2, 0) is 11.3 Å². The van der Waals surface area contributed by atoms with Crippen molar-refractivity contribution in [1.82, 2.24) is 16.0 Å². The third-order valence-electron chi connectivity index (χ3n) is 2.36. The van der Waals surface area contributed by atoms with Crippen LogP contribution < -0.4 is 16.0 Å². The van der Waals surface area contributed by atoms with Gasteiger partial charge in [-0.05, 0) is 24.6 Å². The van der Waals surface area contributed by atoms with Crippen molar-refractivity contribution < 1.29 is 14.0 Å². The van der Waals surface area contributed by atoms with Crippen LogP contribution >= 0.6 is 0 Å². The molecule has 6 heteroatoms. The van der Waals surface area contributed by atoms with E-state index in [9.17, 15) is 14.0 Å².